The van der Waals surface area contributed by atoms with E-state index in [9.17, 15) is 77.3 Å². The smallest absolute Gasteiger partial charge is 0.246 e. The molecule has 12 atom stereocenters. The molecule has 0 unspecified atom stereocenters. The van der Waals surface area contributed by atoms with Crippen LogP contribution in [0.1, 0.15) is 83.9 Å². The normalized spacial score (nSPS) is 26.4. The number of phenolic OH excluding ortho intramolecular Hbond substituents is 1. The second kappa shape index (κ2) is 37.4. The number of hydrogen-bond donors (Lipinski definition) is 17. The van der Waals surface area contributed by atoms with Crippen LogP contribution in [0.25, 0.3) is 0 Å². The number of aromatic amines is 1. The molecule has 6 rings (SSSR count). The number of nitrogens with zero attached hydrogens (tertiary/aromatic N) is 2. The van der Waals surface area contributed by atoms with Crippen molar-refractivity contribution in [3.8, 4) is 5.75 Å². The van der Waals surface area contributed by atoms with Gasteiger partial charge < -0.3 is 95.4 Å². The van der Waals surface area contributed by atoms with E-state index < -0.39 is 175 Å². The van der Waals surface area contributed by atoms with Crippen molar-refractivity contribution >= 4 is 126 Å². The van der Waals surface area contributed by atoms with Gasteiger partial charge in [0, 0.05) is 67.1 Å². The summed E-state index contributed by atoms with van der Waals surface area (Å²) in [5.41, 5.74) is 12.4. The van der Waals surface area contributed by atoms with Crippen LogP contribution < -0.4 is 75.3 Å². The fourth-order valence-electron chi connectivity index (χ4n) is 10.4. The molecule has 2 bridgehead atoms. The fourth-order valence-corrected chi connectivity index (χ4v) is 15.0. The lowest BCUT2D eigenvalue weighted by atomic mass is 10.0. The van der Waals surface area contributed by atoms with Gasteiger partial charge in [-0.25, -0.2) is 4.98 Å². The van der Waals surface area contributed by atoms with E-state index in [1.54, 1.807) is 27.7 Å². The lowest BCUT2D eigenvalue weighted by molar-refractivity contribution is -0.142. The number of phenols is 1. The van der Waals surface area contributed by atoms with Gasteiger partial charge in [-0.1, -0.05) is 83.0 Å². The number of carbonyl (C=O) groups excluding carboxylic acids is 14. The van der Waals surface area contributed by atoms with E-state index in [2.05, 4.69) is 73.8 Å². The van der Waals surface area contributed by atoms with Crippen molar-refractivity contribution in [2.45, 2.75) is 158 Å². The Kier molecular flexibility index (Phi) is 30.0. The number of H-pyrrole nitrogens is 1. The first-order chi connectivity index (χ1) is 45.2. The highest BCUT2D eigenvalue weighted by molar-refractivity contribution is 8.77. The SMILES string of the molecule is CC(C)C[C@@H]1NC(=O)[C@H](CCCCN)NC(=O)[C@H](Cc2ccc(O)cc2)NC(=O)CNC(=O)[C@H]2CSSC[C@@H](NC1=O)C(=O)N[C@@H](Cc1cnc[nH]1)C(=O)N1C[C@H](O)C[C@H]1C(=O)N[C@@H](C(N)=O)CSSC[C@@H](NC(=O)[C@@H](NC(=O)CNC(=O)[C@@H]1CCC(=O)N1)C(C)C)C(=O)N2. The molecule has 4 fully saturated rings. The lowest BCUT2D eigenvalue weighted by Crippen LogP contribution is -2.61. The van der Waals surface area contributed by atoms with Gasteiger partial charge in [0.15, 0.2) is 0 Å². The molecule has 0 radical (unpaired) electrons. The lowest BCUT2D eigenvalue weighted by Gasteiger charge is -2.31. The Balaban J connectivity index is 1.41. The average molecular weight is 1400 g/mol. The van der Waals surface area contributed by atoms with Crippen molar-refractivity contribution < 1.29 is 77.3 Å². The molecule has 2 aromatic rings. The van der Waals surface area contributed by atoms with Crippen LogP contribution >= 0.6 is 43.2 Å². The van der Waals surface area contributed by atoms with Gasteiger partial charge in [-0.2, -0.15) is 0 Å². The number of hydrogen-bond acceptors (Lipinski definition) is 22. The number of carbonyl (C=O) groups is 14. The number of benzene rings is 1. The third-order valence-electron chi connectivity index (χ3n) is 15.5. The minimum absolute atomic E-state index is 0.00266. The molecule has 14 amide bonds. The molecule has 95 heavy (non-hydrogen) atoms. The van der Waals surface area contributed by atoms with Gasteiger partial charge in [0.1, 0.15) is 72.2 Å². The van der Waals surface area contributed by atoms with Gasteiger partial charge in [-0.15, -0.1) is 0 Å². The number of rotatable bonds is 18. The summed E-state index contributed by atoms with van der Waals surface area (Å²) in [6.07, 6.45) is 1.71. The number of imidazole rings is 1. The summed E-state index contributed by atoms with van der Waals surface area (Å²) in [5, 5.41) is 52.3. The summed E-state index contributed by atoms with van der Waals surface area (Å²) in [7, 11) is 3.66. The number of aliphatic hydroxyl groups excluding tert-OH is 1. The van der Waals surface area contributed by atoms with Crippen LogP contribution in [0.2, 0.25) is 0 Å². The van der Waals surface area contributed by atoms with Gasteiger partial charge in [-0.05, 0) is 68.2 Å². The van der Waals surface area contributed by atoms with Crippen LogP contribution in [0.3, 0.4) is 0 Å². The number of nitrogens with one attached hydrogen (secondary N) is 13. The molecule has 522 valence electrons. The minimum atomic E-state index is -1.60. The van der Waals surface area contributed by atoms with Crippen molar-refractivity contribution in [2.24, 2.45) is 23.3 Å². The summed E-state index contributed by atoms with van der Waals surface area (Å²) in [4.78, 5) is 204. The first-order valence-corrected chi connectivity index (χ1v) is 36.0. The van der Waals surface area contributed by atoms with Crippen LogP contribution in [0, 0.1) is 11.8 Å². The van der Waals surface area contributed by atoms with E-state index in [1.807, 2.05) is 0 Å². The zero-order chi connectivity index (χ0) is 69.5. The summed E-state index contributed by atoms with van der Waals surface area (Å²) >= 11 is 0. The molecule has 37 heteroatoms. The molecule has 1 aromatic heterocycles. The molecule has 4 aliphatic rings. The first kappa shape index (κ1) is 76.2. The number of amides is 14. The predicted octanol–water partition coefficient (Wildman–Crippen LogP) is -5.16. The Labute approximate surface area is 563 Å². The second-order valence-corrected chi connectivity index (χ2v) is 29.0. The topological polar surface area (TPSA) is 508 Å². The van der Waals surface area contributed by atoms with Crippen LogP contribution in [0.4, 0.5) is 0 Å². The van der Waals surface area contributed by atoms with Crippen LogP contribution in [0.15, 0.2) is 36.8 Å². The molecule has 4 saturated heterocycles. The Morgan fingerprint density at radius 3 is 1.98 bits per heavy atom. The average Bonchev–Trinajstić information content (AvgIpc) is 1.71. The summed E-state index contributed by atoms with van der Waals surface area (Å²) in [5.74, 6) is -14.3. The molecule has 0 aliphatic carbocycles. The van der Waals surface area contributed by atoms with E-state index in [0.29, 0.717) is 24.1 Å². The summed E-state index contributed by atoms with van der Waals surface area (Å²) < 4.78 is 0. The number of aliphatic hydroxyl groups is 1. The molecule has 5 heterocycles. The van der Waals surface area contributed by atoms with Crippen molar-refractivity contribution in [2.75, 3.05) is 49.2 Å². The molecule has 4 aliphatic heterocycles. The van der Waals surface area contributed by atoms with Crippen molar-refractivity contribution in [3.63, 3.8) is 0 Å². The predicted molar refractivity (Wildman–Crippen MR) is 351 cm³/mol. The summed E-state index contributed by atoms with van der Waals surface area (Å²) in [6.45, 7) is 5.14. The highest BCUT2D eigenvalue weighted by atomic mass is 33.1. The number of fused-ring (bicyclic) bond motifs is 6. The van der Waals surface area contributed by atoms with E-state index in [0.717, 1.165) is 48.1 Å². The van der Waals surface area contributed by atoms with E-state index in [1.165, 1.54) is 36.8 Å². The van der Waals surface area contributed by atoms with Crippen molar-refractivity contribution in [1.82, 2.24) is 78.7 Å². The maximum absolute atomic E-state index is 15.0. The Morgan fingerprint density at radius 1 is 0.695 bits per heavy atom. The molecule has 0 spiro atoms. The number of primary amides is 1. The highest BCUT2D eigenvalue weighted by Crippen LogP contribution is 2.27. The minimum Gasteiger partial charge on any atom is -0.508 e. The Hall–Kier alpha value is -7.87. The van der Waals surface area contributed by atoms with Crippen molar-refractivity contribution in [1.29, 1.82) is 0 Å². The van der Waals surface area contributed by atoms with Gasteiger partial charge in [0.2, 0.25) is 82.7 Å². The molecule has 33 nitrogen and oxygen atoms in total. The molecular weight excluding hydrogens is 1320 g/mol. The number of unbranched alkanes of at least 4 members (excludes halogenated alkanes) is 1. The highest BCUT2D eigenvalue weighted by Gasteiger charge is 2.44. The largest absolute Gasteiger partial charge is 0.508 e. The van der Waals surface area contributed by atoms with Gasteiger partial charge in [-0.3, -0.25) is 67.1 Å². The maximum Gasteiger partial charge on any atom is 0.246 e. The summed E-state index contributed by atoms with van der Waals surface area (Å²) in [6, 6.07) is -9.86. The Morgan fingerprint density at radius 2 is 1.34 bits per heavy atom. The van der Waals surface area contributed by atoms with Crippen LogP contribution in [0.5, 0.6) is 5.75 Å². The molecule has 0 saturated carbocycles. The Bertz CT molecular complexity index is 3080. The molecule has 19 N–H and O–H groups in total. The number of aromatic hydroxyl groups is 1. The monoisotopic (exact) mass is 1400 g/mol. The van der Waals surface area contributed by atoms with Crippen LogP contribution in [-0.2, 0) is 80.0 Å². The maximum atomic E-state index is 15.0. The van der Waals surface area contributed by atoms with Gasteiger partial charge in [0.25, 0.3) is 0 Å². The third kappa shape index (κ3) is 24.1. The quantitative estimate of drug-likeness (QED) is 0.0490. The van der Waals surface area contributed by atoms with E-state index in [-0.39, 0.29) is 92.1 Å². The van der Waals surface area contributed by atoms with Gasteiger partial charge in [0.05, 0.1) is 25.5 Å². The number of nitrogens with two attached hydrogens (primary N) is 2. The standard InChI is InChI=1S/C58H85N17O16S4/c1-28(2)15-36-52(85)72-41-25-95-93-24-40(50(83)63-20-45(79)66-37(16-30-8-10-32(76)11-9-30)53(86)67-34(51(84)68-36)7-5-6-14-59)71-55(88)42(73-57(90)47(29(3)4)74-46(80)21-62-49(82)35-12-13-44(78)65-35)26-94-92-23-39(48(60)81)70-56(89)43-18-33(77)22-75(43)58(91)38(69-54(41)87)17-31-19-61-27-64-31/h8-11,19,27-29,33-43,47,76-77H,5-7,12-18,20-26,59H2,1-4H3,(H2,60,81)(H,61,64)(H,62,82)(H,63,83)(H,65,78)(H,66,79)(H,67,86)(H,68,84)(H,69,87)(H,70,89)(H,71,88)(H,72,85)(H,73,90)(H,74,80)/t33-,34+,35+,36+,37+,38+,39-,40-,41-,42-,43+,47+/m1/s1. The van der Waals surface area contributed by atoms with Gasteiger partial charge >= 0.3 is 0 Å². The van der Waals surface area contributed by atoms with E-state index in [4.69, 9.17) is 11.5 Å². The number of aromatic nitrogens is 2. The zero-order valence-electron chi connectivity index (χ0n) is 52.9. The zero-order valence-corrected chi connectivity index (χ0v) is 56.1. The first-order valence-electron chi connectivity index (χ1n) is 31.0. The van der Waals surface area contributed by atoms with Crippen molar-refractivity contribution in [3.05, 3.63) is 48.0 Å². The molecule has 1 aromatic carbocycles. The third-order valence-corrected chi connectivity index (χ3v) is 20.3. The van der Waals surface area contributed by atoms with E-state index >= 15 is 0 Å². The fraction of sp³-hybridized carbons (Fsp3) is 0.603. The second-order valence-electron chi connectivity index (χ2n) is 23.9. The molecular formula is C58H85N17O16S4. The van der Waals surface area contributed by atoms with Crippen LogP contribution in [-0.4, -0.2) is 230 Å².